The Kier molecular flexibility index (Phi) is 4.60. The molecular formula is C26H18F2N2. The van der Waals surface area contributed by atoms with E-state index in [1.807, 2.05) is 18.2 Å². The highest BCUT2D eigenvalue weighted by molar-refractivity contribution is 5.86. The van der Waals surface area contributed by atoms with E-state index in [-0.39, 0.29) is 11.6 Å². The molecule has 0 bridgehead atoms. The number of nitrogens with zero attached hydrogens (tertiary/aromatic N) is 2. The molecule has 30 heavy (non-hydrogen) atoms. The van der Waals surface area contributed by atoms with Crippen LogP contribution in [0, 0.1) is 11.6 Å². The van der Waals surface area contributed by atoms with Crippen molar-refractivity contribution in [3.05, 3.63) is 115 Å². The molecule has 0 unspecified atom stereocenters. The fourth-order valence-corrected chi connectivity index (χ4v) is 3.85. The van der Waals surface area contributed by atoms with Crippen molar-refractivity contribution in [2.45, 2.75) is 6.54 Å². The number of halogens is 2. The quantitative estimate of drug-likeness (QED) is 0.331. The number of aromatic nitrogens is 2. The summed E-state index contributed by atoms with van der Waals surface area (Å²) in [6.45, 7) is 0.613. The van der Waals surface area contributed by atoms with Crippen molar-refractivity contribution in [2.24, 2.45) is 0 Å². The third-order valence-electron chi connectivity index (χ3n) is 5.29. The van der Waals surface area contributed by atoms with E-state index in [1.54, 1.807) is 30.6 Å². The summed E-state index contributed by atoms with van der Waals surface area (Å²) in [5.41, 5.74) is 4.44. The molecule has 0 aliphatic heterocycles. The predicted molar refractivity (Wildman–Crippen MR) is 116 cm³/mol. The van der Waals surface area contributed by atoms with Gasteiger partial charge in [-0.2, -0.15) is 0 Å². The van der Waals surface area contributed by atoms with E-state index in [9.17, 15) is 8.78 Å². The lowest BCUT2D eigenvalue weighted by Crippen LogP contribution is -2.02. The van der Waals surface area contributed by atoms with Gasteiger partial charge in [-0.05, 0) is 64.9 Å². The SMILES string of the molecule is Fc1ccc(-c2ncn(Cc3cccc4ccccc34)c2-c2ccc(F)cc2)cc1. The number of rotatable bonds is 4. The van der Waals surface area contributed by atoms with E-state index < -0.39 is 0 Å². The van der Waals surface area contributed by atoms with Crippen molar-refractivity contribution in [2.75, 3.05) is 0 Å². The van der Waals surface area contributed by atoms with E-state index in [1.165, 1.54) is 40.6 Å². The monoisotopic (exact) mass is 396 g/mol. The maximum atomic E-state index is 13.6. The van der Waals surface area contributed by atoms with Crippen LogP contribution in [0.3, 0.4) is 0 Å². The van der Waals surface area contributed by atoms with Gasteiger partial charge in [0.05, 0.1) is 17.7 Å². The first-order chi connectivity index (χ1) is 14.7. The van der Waals surface area contributed by atoms with Crippen LogP contribution < -0.4 is 0 Å². The molecule has 5 rings (SSSR count). The molecular weight excluding hydrogens is 378 g/mol. The highest BCUT2D eigenvalue weighted by atomic mass is 19.1. The number of hydrogen-bond acceptors (Lipinski definition) is 1. The van der Waals surface area contributed by atoms with E-state index in [2.05, 4.69) is 33.8 Å². The second-order valence-electron chi connectivity index (χ2n) is 7.22. The summed E-state index contributed by atoms with van der Waals surface area (Å²) in [4.78, 5) is 4.64. The van der Waals surface area contributed by atoms with Crippen LogP contribution in [0.15, 0.2) is 97.3 Å². The fraction of sp³-hybridized carbons (Fsp3) is 0.0385. The molecule has 4 heteroatoms. The summed E-state index contributed by atoms with van der Waals surface area (Å²) in [5.74, 6) is -0.584. The summed E-state index contributed by atoms with van der Waals surface area (Å²) in [7, 11) is 0. The van der Waals surface area contributed by atoms with Crippen LogP contribution in [-0.4, -0.2) is 9.55 Å². The van der Waals surface area contributed by atoms with Crippen molar-refractivity contribution in [3.63, 3.8) is 0 Å². The highest BCUT2D eigenvalue weighted by Gasteiger charge is 2.16. The highest BCUT2D eigenvalue weighted by Crippen LogP contribution is 2.32. The predicted octanol–water partition coefficient (Wildman–Crippen LogP) is 6.70. The van der Waals surface area contributed by atoms with Gasteiger partial charge in [-0.25, -0.2) is 13.8 Å². The summed E-state index contributed by atoms with van der Waals surface area (Å²) in [6.07, 6.45) is 1.79. The Morgan fingerprint density at radius 2 is 1.30 bits per heavy atom. The molecule has 0 fully saturated rings. The Morgan fingerprint density at radius 1 is 0.667 bits per heavy atom. The van der Waals surface area contributed by atoms with Crippen molar-refractivity contribution >= 4 is 10.8 Å². The third kappa shape index (κ3) is 3.37. The van der Waals surface area contributed by atoms with Gasteiger partial charge in [-0.15, -0.1) is 0 Å². The first-order valence-electron chi connectivity index (χ1n) is 9.73. The van der Waals surface area contributed by atoms with Crippen molar-refractivity contribution in [1.82, 2.24) is 9.55 Å². The number of fused-ring (bicyclic) bond motifs is 1. The van der Waals surface area contributed by atoms with Gasteiger partial charge in [-0.1, -0.05) is 42.5 Å². The zero-order valence-electron chi connectivity index (χ0n) is 16.1. The van der Waals surface area contributed by atoms with Gasteiger partial charge in [0.2, 0.25) is 0 Å². The first-order valence-corrected chi connectivity index (χ1v) is 9.73. The van der Waals surface area contributed by atoms with Crippen LogP contribution in [0.4, 0.5) is 8.78 Å². The summed E-state index contributed by atoms with van der Waals surface area (Å²) in [5, 5.41) is 2.36. The molecule has 0 atom stereocenters. The second kappa shape index (κ2) is 7.56. The largest absolute Gasteiger partial charge is 0.326 e. The molecule has 1 aromatic heterocycles. The molecule has 4 aromatic carbocycles. The minimum Gasteiger partial charge on any atom is -0.326 e. The molecule has 0 saturated carbocycles. The zero-order valence-corrected chi connectivity index (χ0v) is 16.1. The molecule has 2 nitrogen and oxygen atoms in total. The van der Waals surface area contributed by atoms with Crippen molar-refractivity contribution in [1.29, 1.82) is 0 Å². The van der Waals surface area contributed by atoms with Gasteiger partial charge < -0.3 is 4.57 Å². The molecule has 146 valence electrons. The van der Waals surface area contributed by atoms with Crippen LogP contribution in [0.1, 0.15) is 5.56 Å². The number of hydrogen-bond donors (Lipinski definition) is 0. The van der Waals surface area contributed by atoms with E-state index in [0.29, 0.717) is 6.54 Å². The summed E-state index contributed by atoms with van der Waals surface area (Å²) >= 11 is 0. The normalized spacial score (nSPS) is 11.1. The van der Waals surface area contributed by atoms with E-state index >= 15 is 0 Å². The number of imidazole rings is 1. The smallest absolute Gasteiger partial charge is 0.123 e. The Bertz CT molecular complexity index is 1310. The fourth-order valence-electron chi connectivity index (χ4n) is 3.85. The van der Waals surface area contributed by atoms with Crippen LogP contribution in [0.5, 0.6) is 0 Å². The lowest BCUT2D eigenvalue weighted by Gasteiger charge is -2.13. The summed E-state index contributed by atoms with van der Waals surface area (Å²) < 4.78 is 29.1. The maximum Gasteiger partial charge on any atom is 0.123 e. The average molecular weight is 396 g/mol. The summed E-state index contributed by atoms with van der Waals surface area (Å²) in [6, 6.07) is 27.2. The lowest BCUT2D eigenvalue weighted by atomic mass is 10.0. The van der Waals surface area contributed by atoms with E-state index in [4.69, 9.17) is 0 Å². The van der Waals surface area contributed by atoms with Crippen LogP contribution >= 0.6 is 0 Å². The molecule has 5 aromatic rings. The standard InChI is InChI=1S/C26H18F2N2/c27-22-12-8-19(9-13-22)25-26(20-10-14-23(28)15-11-20)30(17-29-25)16-21-6-3-5-18-4-1-2-7-24(18)21/h1-15,17H,16H2. The van der Waals surface area contributed by atoms with Gasteiger partial charge in [0, 0.05) is 17.7 Å². The Hall–Kier alpha value is -3.79. The minimum absolute atomic E-state index is 0.290. The molecule has 0 radical (unpaired) electrons. The van der Waals surface area contributed by atoms with Gasteiger partial charge in [0.15, 0.2) is 0 Å². The first kappa shape index (κ1) is 18.3. The van der Waals surface area contributed by atoms with Crippen LogP contribution in [0.25, 0.3) is 33.3 Å². The molecule has 0 amide bonds. The molecule has 0 aliphatic rings. The minimum atomic E-state index is -0.294. The Balaban J connectivity index is 1.66. The van der Waals surface area contributed by atoms with Gasteiger partial charge in [0.1, 0.15) is 11.6 Å². The maximum absolute atomic E-state index is 13.6. The van der Waals surface area contributed by atoms with Gasteiger partial charge in [-0.3, -0.25) is 0 Å². The van der Waals surface area contributed by atoms with Gasteiger partial charge >= 0.3 is 0 Å². The average Bonchev–Trinajstić information content (AvgIpc) is 3.18. The lowest BCUT2D eigenvalue weighted by molar-refractivity contribution is 0.627. The third-order valence-corrected chi connectivity index (χ3v) is 5.29. The molecule has 0 aliphatic carbocycles. The Labute approximate surface area is 173 Å². The van der Waals surface area contributed by atoms with Crippen molar-refractivity contribution in [3.8, 4) is 22.5 Å². The molecule has 1 heterocycles. The Morgan fingerprint density at radius 3 is 2.03 bits per heavy atom. The van der Waals surface area contributed by atoms with Gasteiger partial charge in [0.25, 0.3) is 0 Å². The molecule has 0 saturated heterocycles. The van der Waals surface area contributed by atoms with Crippen LogP contribution in [0.2, 0.25) is 0 Å². The molecule has 0 spiro atoms. The zero-order chi connectivity index (χ0) is 20.5. The topological polar surface area (TPSA) is 17.8 Å². The van der Waals surface area contributed by atoms with Crippen LogP contribution in [-0.2, 0) is 6.54 Å². The van der Waals surface area contributed by atoms with Crippen molar-refractivity contribution < 1.29 is 8.78 Å². The second-order valence-corrected chi connectivity index (χ2v) is 7.22. The van der Waals surface area contributed by atoms with E-state index in [0.717, 1.165) is 22.5 Å². The molecule has 0 N–H and O–H groups in total. The number of benzene rings is 4.